The van der Waals surface area contributed by atoms with E-state index in [0.717, 1.165) is 12.5 Å². The minimum Gasteiger partial charge on any atom is -0.388 e. The van der Waals surface area contributed by atoms with Crippen LogP contribution in [0.15, 0.2) is 6.07 Å². The van der Waals surface area contributed by atoms with Crippen LogP contribution < -0.4 is 4.90 Å². The topological polar surface area (TPSA) is 75.8 Å². The van der Waals surface area contributed by atoms with Gasteiger partial charge in [-0.2, -0.15) is 0 Å². The Morgan fingerprint density at radius 3 is 2.90 bits per heavy atom. The fourth-order valence-electron chi connectivity index (χ4n) is 1.84. The van der Waals surface area contributed by atoms with Crippen LogP contribution in [0.5, 0.6) is 0 Å². The zero-order valence-electron chi connectivity index (χ0n) is 11.7. The van der Waals surface area contributed by atoms with Crippen LogP contribution in [-0.4, -0.2) is 36.8 Å². The summed E-state index contributed by atoms with van der Waals surface area (Å²) in [6.07, 6.45) is 1.82. The molecule has 0 radical (unpaired) electrons. The van der Waals surface area contributed by atoms with E-state index in [1.54, 1.807) is 6.92 Å². The molecule has 2 rings (SSSR count). The zero-order chi connectivity index (χ0) is 14.7. The van der Waals surface area contributed by atoms with Crippen molar-refractivity contribution in [3.8, 4) is 0 Å². The van der Waals surface area contributed by atoms with Gasteiger partial charge in [0.1, 0.15) is 0 Å². The van der Waals surface area contributed by atoms with Gasteiger partial charge in [-0.05, 0) is 25.7 Å². The third kappa shape index (κ3) is 3.91. The fraction of sp³-hybridized carbons (Fsp3) is 0.692. The summed E-state index contributed by atoms with van der Waals surface area (Å²) in [7, 11) is 1.81. The van der Waals surface area contributed by atoms with Crippen LogP contribution in [0.25, 0.3) is 0 Å². The summed E-state index contributed by atoms with van der Waals surface area (Å²) in [6, 6.07) is 1.45. The van der Waals surface area contributed by atoms with Gasteiger partial charge < -0.3 is 14.7 Å². The lowest BCUT2D eigenvalue weighted by molar-refractivity contribution is -0.383. The zero-order valence-corrected chi connectivity index (χ0v) is 12.6. The molecule has 1 heterocycles. The normalized spacial score (nSPS) is 16.1. The van der Waals surface area contributed by atoms with Crippen molar-refractivity contribution in [3.05, 3.63) is 21.1 Å². The molecule has 0 amide bonds. The Bertz CT molecular complexity index is 471. The minimum atomic E-state index is -0.688. The van der Waals surface area contributed by atoms with Crippen molar-refractivity contribution >= 4 is 22.0 Å². The second kappa shape index (κ2) is 6.51. The van der Waals surface area contributed by atoms with Crippen molar-refractivity contribution in [1.29, 1.82) is 0 Å². The predicted octanol–water partition coefficient (Wildman–Crippen LogP) is 2.57. The van der Waals surface area contributed by atoms with Crippen LogP contribution in [0.2, 0.25) is 0 Å². The molecule has 1 atom stereocenters. The molecule has 6 nitrogen and oxygen atoms in total. The van der Waals surface area contributed by atoms with E-state index in [9.17, 15) is 15.2 Å². The number of thiophene rings is 1. The molecule has 1 fully saturated rings. The van der Waals surface area contributed by atoms with Crippen LogP contribution in [0.3, 0.4) is 0 Å². The highest BCUT2D eigenvalue weighted by molar-refractivity contribution is 7.16. The number of rotatable bonds is 8. The molecule has 20 heavy (non-hydrogen) atoms. The van der Waals surface area contributed by atoms with E-state index >= 15 is 0 Å². The molecule has 112 valence electrons. The standard InChI is InChI=1S/C13H20N2O4S/c1-9(16)12-7-11(15(17)18)13(20-12)14(2)5-6-19-8-10-3-4-10/h7,9-10,16H,3-6,8H2,1-2H3. The Morgan fingerprint density at radius 2 is 2.35 bits per heavy atom. The molecule has 1 aliphatic rings. The molecule has 1 N–H and O–H groups in total. The van der Waals surface area contributed by atoms with Crippen molar-refractivity contribution in [2.75, 3.05) is 31.7 Å². The summed E-state index contributed by atoms with van der Waals surface area (Å²) < 4.78 is 5.55. The van der Waals surface area contributed by atoms with E-state index in [2.05, 4.69) is 0 Å². The summed E-state index contributed by atoms with van der Waals surface area (Å²) >= 11 is 1.26. The van der Waals surface area contributed by atoms with Crippen LogP contribution in [0, 0.1) is 16.0 Å². The molecule has 0 aliphatic heterocycles. The van der Waals surface area contributed by atoms with Crippen LogP contribution in [-0.2, 0) is 4.74 Å². The summed E-state index contributed by atoms with van der Waals surface area (Å²) in [6.45, 7) is 3.57. The smallest absolute Gasteiger partial charge is 0.304 e. The molecule has 0 saturated heterocycles. The Kier molecular flexibility index (Phi) is 4.95. The van der Waals surface area contributed by atoms with Gasteiger partial charge in [-0.25, -0.2) is 0 Å². The van der Waals surface area contributed by atoms with Gasteiger partial charge in [-0.3, -0.25) is 10.1 Å². The molecule has 0 bridgehead atoms. The van der Waals surface area contributed by atoms with Gasteiger partial charge in [0.2, 0.25) is 0 Å². The Morgan fingerprint density at radius 1 is 1.65 bits per heavy atom. The highest BCUT2D eigenvalue weighted by Gasteiger charge is 2.24. The van der Waals surface area contributed by atoms with E-state index in [-0.39, 0.29) is 5.69 Å². The first-order valence-electron chi connectivity index (χ1n) is 6.74. The van der Waals surface area contributed by atoms with Crippen LogP contribution in [0.4, 0.5) is 10.7 Å². The predicted molar refractivity (Wildman–Crippen MR) is 78.4 cm³/mol. The molecular formula is C13H20N2O4S. The van der Waals surface area contributed by atoms with Crippen molar-refractivity contribution in [3.63, 3.8) is 0 Å². The average Bonchev–Trinajstić information content (AvgIpc) is 3.08. The third-order valence-electron chi connectivity index (χ3n) is 3.29. The third-order valence-corrected chi connectivity index (χ3v) is 4.70. The van der Waals surface area contributed by atoms with Crippen molar-refractivity contribution in [1.82, 2.24) is 0 Å². The number of ether oxygens (including phenoxy) is 1. The van der Waals surface area contributed by atoms with Gasteiger partial charge in [-0.15, -0.1) is 11.3 Å². The number of anilines is 1. The summed E-state index contributed by atoms with van der Waals surface area (Å²) in [5, 5.41) is 21.2. The molecule has 0 spiro atoms. The van der Waals surface area contributed by atoms with Gasteiger partial charge >= 0.3 is 5.69 Å². The van der Waals surface area contributed by atoms with Crippen LogP contribution >= 0.6 is 11.3 Å². The Hall–Kier alpha value is -1.18. The lowest BCUT2D eigenvalue weighted by atomic mass is 10.3. The van der Waals surface area contributed by atoms with Gasteiger partial charge in [0.15, 0.2) is 5.00 Å². The first-order valence-corrected chi connectivity index (χ1v) is 7.55. The highest BCUT2D eigenvalue weighted by atomic mass is 32.1. The first-order chi connectivity index (χ1) is 9.49. The average molecular weight is 300 g/mol. The molecule has 1 aromatic rings. The summed E-state index contributed by atoms with van der Waals surface area (Å²) in [5.41, 5.74) is 0.0515. The van der Waals surface area contributed by atoms with Gasteiger partial charge in [0, 0.05) is 31.1 Å². The van der Waals surface area contributed by atoms with Crippen LogP contribution in [0.1, 0.15) is 30.7 Å². The number of nitrogens with zero attached hydrogens (tertiary/aromatic N) is 2. The fourth-order valence-corrected chi connectivity index (χ4v) is 2.89. The number of hydrogen-bond donors (Lipinski definition) is 1. The van der Waals surface area contributed by atoms with Gasteiger partial charge in [0.25, 0.3) is 0 Å². The second-order valence-corrected chi connectivity index (χ2v) is 6.27. The number of aliphatic hydroxyl groups is 1. The SMILES string of the molecule is CC(O)c1cc([N+](=O)[O-])c(N(C)CCOCC2CC2)s1. The summed E-state index contributed by atoms with van der Waals surface area (Å²) in [5.74, 6) is 0.721. The molecular weight excluding hydrogens is 280 g/mol. The number of nitro groups is 1. The molecule has 7 heteroatoms. The summed E-state index contributed by atoms with van der Waals surface area (Å²) in [4.78, 5) is 13.1. The van der Waals surface area contributed by atoms with Crippen molar-refractivity contribution in [2.45, 2.75) is 25.9 Å². The van der Waals surface area contributed by atoms with Crippen molar-refractivity contribution in [2.24, 2.45) is 5.92 Å². The maximum Gasteiger partial charge on any atom is 0.304 e. The number of likely N-dealkylation sites (N-methyl/N-ethyl adjacent to an activating group) is 1. The minimum absolute atomic E-state index is 0.0515. The molecule has 1 saturated carbocycles. The molecule has 1 aliphatic carbocycles. The first kappa shape index (κ1) is 15.2. The Balaban J connectivity index is 1.95. The van der Waals surface area contributed by atoms with E-state index in [0.29, 0.717) is 23.0 Å². The van der Waals surface area contributed by atoms with E-state index < -0.39 is 11.0 Å². The van der Waals surface area contributed by atoms with Gasteiger partial charge in [0.05, 0.1) is 17.6 Å². The largest absolute Gasteiger partial charge is 0.388 e. The van der Waals surface area contributed by atoms with Crippen molar-refractivity contribution < 1.29 is 14.8 Å². The highest BCUT2D eigenvalue weighted by Crippen LogP contribution is 2.39. The molecule has 1 unspecified atom stereocenters. The number of hydrogen-bond acceptors (Lipinski definition) is 6. The number of aliphatic hydroxyl groups excluding tert-OH is 1. The maximum absolute atomic E-state index is 11.1. The Labute approximate surface area is 122 Å². The molecule has 0 aromatic carbocycles. The second-order valence-electron chi connectivity index (χ2n) is 5.21. The monoisotopic (exact) mass is 300 g/mol. The van der Waals surface area contributed by atoms with E-state index in [1.165, 1.54) is 30.2 Å². The van der Waals surface area contributed by atoms with E-state index in [4.69, 9.17) is 4.74 Å². The van der Waals surface area contributed by atoms with E-state index in [1.807, 2.05) is 11.9 Å². The lowest BCUT2D eigenvalue weighted by Crippen LogP contribution is -2.22. The maximum atomic E-state index is 11.1. The molecule has 1 aromatic heterocycles. The quantitative estimate of drug-likeness (QED) is 0.453. The lowest BCUT2D eigenvalue weighted by Gasteiger charge is -2.16. The van der Waals surface area contributed by atoms with Gasteiger partial charge in [-0.1, -0.05) is 0 Å².